The molecule has 22 heavy (non-hydrogen) atoms. The van der Waals surface area contributed by atoms with Crippen LogP contribution in [0.25, 0.3) is 0 Å². The van der Waals surface area contributed by atoms with Crippen molar-refractivity contribution in [3.63, 3.8) is 0 Å². The first-order chi connectivity index (χ1) is 10.6. The molecule has 4 heteroatoms. The van der Waals surface area contributed by atoms with Crippen LogP contribution in [0.3, 0.4) is 0 Å². The van der Waals surface area contributed by atoms with Crippen molar-refractivity contribution in [2.24, 2.45) is 0 Å². The average Bonchev–Trinajstić information content (AvgIpc) is 2.49. The number of hydrogen-bond acceptors (Lipinski definition) is 2. The predicted octanol–water partition coefficient (Wildman–Crippen LogP) is 3.39. The van der Waals surface area contributed by atoms with E-state index in [0.29, 0.717) is 17.8 Å². The second-order valence-corrected chi connectivity index (χ2v) is 5.15. The van der Waals surface area contributed by atoms with Crippen molar-refractivity contribution in [1.82, 2.24) is 0 Å². The molecular formula is C18H20N2O2. The first-order valence-corrected chi connectivity index (χ1v) is 7.32. The van der Waals surface area contributed by atoms with E-state index in [2.05, 4.69) is 17.6 Å². The Morgan fingerprint density at radius 3 is 1.82 bits per heavy atom. The highest BCUT2D eigenvalue weighted by Crippen LogP contribution is 2.14. The third-order valence-electron chi connectivity index (χ3n) is 3.28. The van der Waals surface area contributed by atoms with Crippen LogP contribution in [0.2, 0.25) is 0 Å². The summed E-state index contributed by atoms with van der Waals surface area (Å²) in [6, 6.07) is 15.1. The van der Waals surface area contributed by atoms with Crippen LogP contribution < -0.4 is 10.6 Å². The molecular weight excluding hydrogens is 276 g/mol. The molecule has 4 nitrogen and oxygen atoms in total. The maximum absolute atomic E-state index is 12.0. The average molecular weight is 296 g/mol. The molecule has 0 heterocycles. The summed E-state index contributed by atoms with van der Waals surface area (Å²) in [5.41, 5.74) is 3.67. The first-order valence-electron chi connectivity index (χ1n) is 7.32. The Kier molecular flexibility index (Phi) is 5.31. The Morgan fingerprint density at radius 2 is 1.32 bits per heavy atom. The molecule has 0 unspecified atom stereocenters. The Bertz CT molecular complexity index is 646. The van der Waals surface area contributed by atoms with E-state index in [1.807, 2.05) is 24.3 Å². The van der Waals surface area contributed by atoms with Gasteiger partial charge in [-0.1, -0.05) is 31.2 Å². The van der Waals surface area contributed by atoms with Crippen molar-refractivity contribution >= 4 is 23.2 Å². The van der Waals surface area contributed by atoms with Crippen LogP contribution in [0.5, 0.6) is 0 Å². The molecule has 2 aromatic carbocycles. The lowest BCUT2D eigenvalue weighted by Crippen LogP contribution is -2.14. The molecule has 2 aromatic rings. The maximum atomic E-state index is 12.0. The first kappa shape index (κ1) is 15.8. The molecule has 2 amide bonds. The van der Waals surface area contributed by atoms with Gasteiger partial charge in [-0.3, -0.25) is 9.59 Å². The summed E-state index contributed by atoms with van der Waals surface area (Å²) in [5.74, 6) is -0.177. The van der Waals surface area contributed by atoms with Gasteiger partial charge in [-0.15, -0.1) is 0 Å². The van der Waals surface area contributed by atoms with E-state index in [9.17, 15) is 9.59 Å². The van der Waals surface area contributed by atoms with E-state index in [0.717, 1.165) is 12.0 Å². The van der Waals surface area contributed by atoms with Crippen molar-refractivity contribution in [2.45, 2.75) is 26.7 Å². The largest absolute Gasteiger partial charge is 0.326 e. The lowest BCUT2D eigenvalue weighted by molar-refractivity contribution is -0.116. The number of carbonyl (C=O) groups excluding carboxylic acids is 2. The molecule has 114 valence electrons. The van der Waals surface area contributed by atoms with Crippen LogP contribution in [0, 0.1) is 0 Å². The summed E-state index contributed by atoms with van der Waals surface area (Å²) in [7, 11) is 0. The van der Waals surface area contributed by atoms with Crippen molar-refractivity contribution in [3.8, 4) is 0 Å². The van der Waals surface area contributed by atoms with Gasteiger partial charge in [0, 0.05) is 18.3 Å². The van der Waals surface area contributed by atoms with Gasteiger partial charge in [0.2, 0.25) is 11.8 Å². The summed E-state index contributed by atoms with van der Waals surface area (Å²) in [6.07, 6.45) is 1.34. The van der Waals surface area contributed by atoms with E-state index >= 15 is 0 Å². The molecule has 0 atom stereocenters. The van der Waals surface area contributed by atoms with E-state index in [1.54, 1.807) is 24.3 Å². The smallest absolute Gasteiger partial charge is 0.228 e. The van der Waals surface area contributed by atoms with E-state index in [-0.39, 0.29) is 11.8 Å². The molecule has 2 N–H and O–H groups in total. The SMILES string of the molecule is CCc1ccc(CC(=O)Nc2ccc(NC(C)=O)cc2)cc1. The van der Waals surface area contributed by atoms with Gasteiger partial charge in [-0.25, -0.2) is 0 Å². The molecule has 0 saturated carbocycles. The van der Waals surface area contributed by atoms with Crippen molar-refractivity contribution < 1.29 is 9.59 Å². The summed E-state index contributed by atoms with van der Waals surface area (Å²) >= 11 is 0. The fraction of sp³-hybridized carbons (Fsp3) is 0.222. The minimum Gasteiger partial charge on any atom is -0.326 e. The molecule has 2 rings (SSSR count). The number of hydrogen-bond donors (Lipinski definition) is 2. The van der Waals surface area contributed by atoms with Gasteiger partial charge in [0.15, 0.2) is 0 Å². The van der Waals surface area contributed by atoms with Gasteiger partial charge in [0.1, 0.15) is 0 Å². The zero-order chi connectivity index (χ0) is 15.9. The molecule has 0 aromatic heterocycles. The number of benzene rings is 2. The van der Waals surface area contributed by atoms with Gasteiger partial charge < -0.3 is 10.6 Å². The number of nitrogens with one attached hydrogen (secondary N) is 2. The molecule has 0 fully saturated rings. The van der Waals surface area contributed by atoms with Crippen LogP contribution in [0.1, 0.15) is 25.0 Å². The third-order valence-corrected chi connectivity index (χ3v) is 3.28. The molecule has 0 aliphatic rings. The summed E-state index contributed by atoms with van der Waals surface area (Å²) in [5, 5.41) is 5.53. The van der Waals surface area contributed by atoms with E-state index in [1.165, 1.54) is 12.5 Å². The second-order valence-electron chi connectivity index (χ2n) is 5.15. The predicted molar refractivity (Wildman–Crippen MR) is 88.9 cm³/mol. The number of anilines is 2. The van der Waals surface area contributed by atoms with Crippen molar-refractivity contribution in [1.29, 1.82) is 0 Å². The number of rotatable bonds is 5. The fourth-order valence-corrected chi connectivity index (χ4v) is 2.12. The molecule has 0 spiro atoms. The molecule has 0 aliphatic heterocycles. The summed E-state index contributed by atoms with van der Waals surface area (Å²) in [6.45, 7) is 3.56. The Balaban J connectivity index is 1.92. The minimum atomic E-state index is -0.118. The summed E-state index contributed by atoms with van der Waals surface area (Å²) in [4.78, 5) is 23.0. The van der Waals surface area contributed by atoms with Crippen LogP contribution in [0.15, 0.2) is 48.5 Å². The van der Waals surface area contributed by atoms with E-state index < -0.39 is 0 Å². The number of amides is 2. The topological polar surface area (TPSA) is 58.2 Å². The van der Waals surface area contributed by atoms with Crippen LogP contribution in [-0.2, 0) is 22.4 Å². The van der Waals surface area contributed by atoms with Crippen LogP contribution in [0.4, 0.5) is 11.4 Å². The highest BCUT2D eigenvalue weighted by Gasteiger charge is 2.04. The summed E-state index contributed by atoms with van der Waals surface area (Å²) < 4.78 is 0. The Morgan fingerprint density at radius 1 is 0.818 bits per heavy atom. The molecule has 0 radical (unpaired) electrons. The van der Waals surface area contributed by atoms with Crippen LogP contribution in [-0.4, -0.2) is 11.8 Å². The Labute approximate surface area is 130 Å². The fourth-order valence-electron chi connectivity index (χ4n) is 2.12. The minimum absolute atomic E-state index is 0.0588. The highest BCUT2D eigenvalue weighted by molar-refractivity contribution is 5.93. The van der Waals surface area contributed by atoms with Gasteiger partial charge in [-0.2, -0.15) is 0 Å². The number of carbonyl (C=O) groups is 2. The molecule has 0 bridgehead atoms. The zero-order valence-electron chi connectivity index (χ0n) is 12.8. The van der Waals surface area contributed by atoms with Crippen molar-refractivity contribution in [2.75, 3.05) is 10.6 Å². The second kappa shape index (κ2) is 7.41. The number of aryl methyl sites for hydroxylation is 1. The zero-order valence-corrected chi connectivity index (χ0v) is 12.8. The Hall–Kier alpha value is -2.62. The molecule has 0 aliphatic carbocycles. The highest BCUT2D eigenvalue weighted by atomic mass is 16.2. The monoisotopic (exact) mass is 296 g/mol. The maximum Gasteiger partial charge on any atom is 0.228 e. The normalized spacial score (nSPS) is 10.1. The van der Waals surface area contributed by atoms with Crippen molar-refractivity contribution in [3.05, 3.63) is 59.7 Å². The molecule has 0 saturated heterocycles. The van der Waals surface area contributed by atoms with Gasteiger partial charge in [0.25, 0.3) is 0 Å². The van der Waals surface area contributed by atoms with Gasteiger partial charge >= 0.3 is 0 Å². The standard InChI is InChI=1S/C18H20N2O2/c1-3-14-4-6-15(7-5-14)12-18(22)20-17-10-8-16(9-11-17)19-13(2)21/h4-11H,3,12H2,1-2H3,(H,19,21)(H,20,22). The van der Waals surface area contributed by atoms with Gasteiger partial charge in [0.05, 0.1) is 6.42 Å². The van der Waals surface area contributed by atoms with Crippen LogP contribution >= 0.6 is 0 Å². The van der Waals surface area contributed by atoms with Gasteiger partial charge in [-0.05, 0) is 41.8 Å². The van der Waals surface area contributed by atoms with E-state index in [4.69, 9.17) is 0 Å². The third kappa shape index (κ3) is 4.74. The lowest BCUT2D eigenvalue weighted by atomic mass is 10.1. The quantitative estimate of drug-likeness (QED) is 0.888. The lowest BCUT2D eigenvalue weighted by Gasteiger charge is -2.07.